The van der Waals surface area contributed by atoms with Crippen LogP contribution in [0.3, 0.4) is 0 Å². The van der Waals surface area contributed by atoms with Crippen LogP contribution in [0.4, 0.5) is 0 Å². The second-order valence-corrected chi connectivity index (χ2v) is 12.2. The zero-order valence-corrected chi connectivity index (χ0v) is 27.8. The second kappa shape index (κ2) is 15.1. The van der Waals surface area contributed by atoms with Crippen LogP contribution in [0, 0.1) is 6.92 Å². The molecule has 49 heavy (non-hydrogen) atoms. The van der Waals surface area contributed by atoms with Crippen molar-refractivity contribution in [1.82, 2.24) is 40.5 Å². The van der Waals surface area contributed by atoms with Crippen LogP contribution in [0.15, 0.2) is 83.9 Å². The predicted octanol–water partition coefficient (Wildman–Crippen LogP) is 5.98. The highest BCUT2D eigenvalue weighted by Crippen LogP contribution is 2.33. The molecule has 0 aliphatic rings. The number of aromatic nitrogens is 7. The van der Waals surface area contributed by atoms with Crippen molar-refractivity contribution in [3.8, 4) is 22.7 Å². The molecule has 13 heteroatoms. The molecule has 0 aliphatic carbocycles. The summed E-state index contributed by atoms with van der Waals surface area (Å²) in [5.41, 5.74) is 5.03. The molecule has 0 spiro atoms. The minimum absolute atomic E-state index is 0.164. The molecule has 0 fully saturated rings. The topological polar surface area (TPSA) is 161 Å². The van der Waals surface area contributed by atoms with Crippen LogP contribution in [-0.4, -0.2) is 47.0 Å². The minimum atomic E-state index is -0.524. The maximum absolute atomic E-state index is 13.5. The number of rotatable bonds is 13. The molecule has 3 aromatic carbocycles. The van der Waals surface area contributed by atoms with Crippen molar-refractivity contribution < 1.29 is 14.3 Å². The van der Waals surface area contributed by atoms with Gasteiger partial charge in [0, 0.05) is 29.9 Å². The number of hydrogen-bond donors (Lipinski definition) is 3. The summed E-state index contributed by atoms with van der Waals surface area (Å²) in [5, 5.41) is 15.5. The fourth-order valence-corrected chi connectivity index (χ4v) is 5.91. The summed E-state index contributed by atoms with van der Waals surface area (Å²) in [7, 11) is 0. The van der Waals surface area contributed by atoms with Gasteiger partial charge in [0.1, 0.15) is 28.7 Å². The number of carbonyl (C=O) groups is 2. The van der Waals surface area contributed by atoms with Gasteiger partial charge < -0.3 is 20.0 Å². The summed E-state index contributed by atoms with van der Waals surface area (Å²) in [6.45, 7) is 3.98. The van der Waals surface area contributed by atoms with E-state index in [9.17, 15) is 14.4 Å². The molecule has 1 amide bonds. The van der Waals surface area contributed by atoms with Crippen LogP contribution in [-0.2, 0) is 22.4 Å². The number of nitrogens with zero attached hydrogens (tertiary/aromatic N) is 5. The fraction of sp³-hybridized carbons (Fsp3) is 0.250. The number of tetrazole rings is 1. The third-order valence-corrected chi connectivity index (χ3v) is 8.39. The first-order valence-corrected chi connectivity index (χ1v) is 16.4. The Morgan fingerprint density at radius 2 is 1.86 bits per heavy atom. The summed E-state index contributed by atoms with van der Waals surface area (Å²) in [5.74, 6) is 0.0747. The Bertz CT molecular complexity index is 2140. The van der Waals surface area contributed by atoms with Crippen molar-refractivity contribution in [1.29, 1.82) is 0 Å². The van der Waals surface area contributed by atoms with Crippen LogP contribution in [0.1, 0.15) is 61.2 Å². The Balaban J connectivity index is 1.27. The molecule has 0 radical (unpaired) electrons. The number of fused-ring (bicyclic) bond motifs is 1. The monoisotopic (exact) mass is 678 g/mol. The molecular weight excluding hydrogens is 644 g/mol. The Hall–Kier alpha value is -5.62. The van der Waals surface area contributed by atoms with Crippen LogP contribution in [0.25, 0.3) is 27.8 Å². The number of H-pyrrole nitrogens is 2. The number of amides is 1. The lowest BCUT2D eigenvalue weighted by Gasteiger charge is -2.17. The van der Waals surface area contributed by atoms with E-state index >= 15 is 0 Å². The van der Waals surface area contributed by atoms with Gasteiger partial charge in [0.2, 0.25) is 5.91 Å². The van der Waals surface area contributed by atoms with E-state index < -0.39 is 12.0 Å². The summed E-state index contributed by atoms with van der Waals surface area (Å²) >= 11 is 6.75. The van der Waals surface area contributed by atoms with Crippen molar-refractivity contribution in [2.45, 2.75) is 58.4 Å². The number of esters is 1. The van der Waals surface area contributed by atoms with Gasteiger partial charge in [0.05, 0.1) is 17.2 Å². The third kappa shape index (κ3) is 8.10. The molecule has 6 aromatic rings. The highest BCUT2D eigenvalue weighted by atomic mass is 35.5. The number of imidazole rings is 1. The number of benzene rings is 3. The maximum atomic E-state index is 13.5. The van der Waals surface area contributed by atoms with Crippen molar-refractivity contribution in [2.24, 2.45) is 0 Å². The number of halogens is 1. The molecule has 0 unspecified atom stereocenters. The highest BCUT2D eigenvalue weighted by molar-refractivity contribution is 6.32. The van der Waals surface area contributed by atoms with E-state index in [1.165, 1.54) is 12.4 Å². The largest absolute Gasteiger partial charge is 0.426 e. The lowest BCUT2D eigenvalue weighted by molar-refractivity contribution is -0.134. The fourth-order valence-electron chi connectivity index (χ4n) is 5.66. The molecule has 3 N–H and O–H groups in total. The Labute approximate surface area is 286 Å². The smallest absolute Gasteiger partial charge is 0.311 e. The zero-order valence-electron chi connectivity index (χ0n) is 27.1. The summed E-state index contributed by atoms with van der Waals surface area (Å²) in [6.07, 6.45) is 4.45. The first-order valence-electron chi connectivity index (χ1n) is 16.1. The van der Waals surface area contributed by atoms with E-state index in [0.717, 1.165) is 28.8 Å². The van der Waals surface area contributed by atoms with Gasteiger partial charge in [0.25, 0.3) is 5.56 Å². The molecule has 0 saturated carbocycles. The quantitative estimate of drug-likeness (QED) is 0.126. The van der Waals surface area contributed by atoms with Crippen molar-refractivity contribution in [3.63, 3.8) is 0 Å². The SMILES string of the molecule is CCCCC(=O)Oc1cc(=O)[nH]c2ccc(-c3nc([C@H](Cc4ccccc4)NC(=O)CCc4cc(C)ccc4-n4cnnn4)[nH]c3Cl)cc12. The second-order valence-electron chi connectivity index (χ2n) is 11.8. The van der Waals surface area contributed by atoms with Gasteiger partial charge in [-0.3, -0.25) is 14.4 Å². The van der Waals surface area contributed by atoms with Gasteiger partial charge in [-0.1, -0.05) is 79.0 Å². The average molecular weight is 679 g/mol. The van der Waals surface area contributed by atoms with Gasteiger partial charge in [-0.05, 0) is 65.9 Å². The van der Waals surface area contributed by atoms with Gasteiger partial charge in [0.15, 0.2) is 0 Å². The van der Waals surface area contributed by atoms with Crippen molar-refractivity contribution >= 4 is 34.4 Å². The minimum Gasteiger partial charge on any atom is -0.426 e. The highest BCUT2D eigenvalue weighted by Gasteiger charge is 2.23. The van der Waals surface area contributed by atoms with Gasteiger partial charge in [-0.15, -0.1) is 5.10 Å². The molecule has 0 bridgehead atoms. The molecule has 3 heterocycles. The van der Waals surface area contributed by atoms with Gasteiger partial charge in [-0.2, -0.15) is 0 Å². The van der Waals surface area contributed by atoms with Crippen LogP contribution >= 0.6 is 11.6 Å². The number of nitrogens with one attached hydrogen (secondary N) is 3. The van der Waals surface area contributed by atoms with Gasteiger partial charge >= 0.3 is 5.97 Å². The average Bonchev–Trinajstić information content (AvgIpc) is 3.77. The molecule has 6 rings (SSSR count). The molecule has 0 saturated heterocycles. The molecule has 0 aliphatic heterocycles. The Morgan fingerprint density at radius 1 is 1.02 bits per heavy atom. The third-order valence-electron chi connectivity index (χ3n) is 8.11. The van der Waals surface area contributed by atoms with Crippen molar-refractivity contribution in [3.05, 3.63) is 117 Å². The Morgan fingerprint density at radius 3 is 2.63 bits per heavy atom. The van der Waals surface area contributed by atoms with E-state index in [0.29, 0.717) is 47.2 Å². The van der Waals surface area contributed by atoms with E-state index in [2.05, 4.69) is 30.8 Å². The van der Waals surface area contributed by atoms with Crippen LogP contribution < -0.4 is 15.6 Å². The standard InChI is InChI=1S/C36H35ClN8O4/c1-3-4-10-33(48)49-30-20-32(47)39-27-14-12-25(19-26(27)30)34-35(37)42-36(41-34)28(18-23-8-6-5-7-9-23)40-31(46)16-13-24-17-22(2)11-15-29(24)45-21-38-43-44-45/h5-9,11-12,14-15,17,19-21,28H,3-4,10,13,16,18H2,1-2H3,(H,39,47)(H,40,46)(H,41,42)/t28-/m0/s1. The van der Waals surface area contributed by atoms with E-state index in [1.807, 2.05) is 62.4 Å². The normalized spacial score (nSPS) is 11.8. The van der Waals surface area contributed by atoms with Crippen LogP contribution in [0.5, 0.6) is 5.75 Å². The summed E-state index contributed by atoms with van der Waals surface area (Å²) < 4.78 is 7.18. The predicted molar refractivity (Wildman–Crippen MR) is 186 cm³/mol. The number of hydrogen-bond acceptors (Lipinski definition) is 8. The van der Waals surface area contributed by atoms with E-state index in [4.69, 9.17) is 21.3 Å². The molecular formula is C36H35ClN8O4. The maximum Gasteiger partial charge on any atom is 0.311 e. The van der Waals surface area contributed by atoms with Crippen LogP contribution in [0.2, 0.25) is 5.15 Å². The number of carbonyl (C=O) groups excluding carboxylic acids is 2. The number of aromatic amines is 2. The van der Waals surface area contributed by atoms with Gasteiger partial charge in [-0.25, -0.2) is 9.67 Å². The Kier molecular flexibility index (Phi) is 10.2. The first-order chi connectivity index (χ1) is 23.8. The zero-order chi connectivity index (χ0) is 34.3. The molecule has 1 atom stereocenters. The summed E-state index contributed by atoms with van der Waals surface area (Å²) in [4.78, 5) is 49.1. The lowest BCUT2D eigenvalue weighted by Crippen LogP contribution is -2.31. The number of aryl methyl sites for hydroxylation is 2. The summed E-state index contributed by atoms with van der Waals surface area (Å²) in [6, 6.07) is 21.8. The number of ether oxygens (including phenoxy) is 1. The molecule has 250 valence electrons. The first kappa shape index (κ1) is 33.3. The number of pyridine rings is 1. The van der Waals surface area contributed by atoms with E-state index in [-0.39, 0.29) is 35.2 Å². The number of unbranched alkanes of at least 4 members (excludes halogenated alkanes) is 1. The molecule has 3 aromatic heterocycles. The lowest BCUT2D eigenvalue weighted by atomic mass is 10.0. The van der Waals surface area contributed by atoms with E-state index in [1.54, 1.807) is 22.9 Å². The molecule has 12 nitrogen and oxygen atoms in total. The van der Waals surface area contributed by atoms with Crippen molar-refractivity contribution in [2.75, 3.05) is 0 Å².